The second kappa shape index (κ2) is 5.65. The molecule has 0 atom stereocenters. The zero-order valence-corrected chi connectivity index (χ0v) is 9.59. The van der Waals surface area contributed by atoms with Crippen LogP contribution in [0.2, 0.25) is 0 Å². The molecule has 1 heterocycles. The van der Waals surface area contributed by atoms with Crippen molar-refractivity contribution in [2.45, 2.75) is 0 Å². The van der Waals surface area contributed by atoms with Crippen molar-refractivity contribution in [2.75, 3.05) is 13.2 Å². The Morgan fingerprint density at radius 3 is 2.88 bits per heavy atom. The lowest BCUT2D eigenvalue weighted by Gasteiger charge is -2.06. The van der Waals surface area contributed by atoms with Gasteiger partial charge in [0.25, 0.3) is 0 Å². The number of rotatable bonds is 3. The Balaban J connectivity index is 0.00000144. The van der Waals surface area contributed by atoms with Crippen molar-refractivity contribution < 1.29 is 14.2 Å². The molecule has 0 saturated carbocycles. The number of hydrogen-bond acceptors (Lipinski definition) is 3. The number of aromatic amines is 1. The molecule has 0 radical (unpaired) electrons. The van der Waals surface area contributed by atoms with Gasteiger partial charge in [-0.05, 0) is 6.07 Å². The van der Waals surface area contributed by atoms with Gasteiger partial charge in [-0.1, -0.05) is 0 Å². The Labute approximate surface area is 102 Å². The molecule has 1 aromatic carbocycles. The highest BCUT2D eigenvalue weighted by Gasteiger charge is 2.07. The molecule has 6 heteroatoms. The summed E-state index contributed by atoms with van der Waals surface area (Å²) >= 11 is 0. The molecule has 17 heavy (non-hydrogen) atoms. The van der Waals surface area contributed by atoms with Crippen LogP contribution in [0.15, 0.2) is 29.2 Å². The average molecular weight is 260 g/mol. The molecule has 4 nitrogen and oxygen atoms in total. The molecule has 0 amide bonds. The van der Waals surface area contributed by atoms with E-state index in [0.29, 0.717) is 5.52 Å². The van der Waals surface area contributed by atoms with E-state index in [1.807, 2.05) is 0 Å². The number of hydrogen-bond donors (Lipinski definition) is 2. The Bertz CT molecular complexity index is 570. The minimum absolute atomic E-state index is 0. The van der Waals surface area contributed by atoms with Crippen LogP contribution >= 0.6 is 12.4 Å². The van der Waals surface area contributed by atoms with Crippen LogP contribution in [0, 0.1) is 5.82 Å². The van der Waals surface area contributed by atoms with Crippen molar-refractivity contribution in [3.63, 3.8) is 0 Å². The van der Waals surface area contributed by atoms with Crippen molar-refractivity contribution >= 4 is 23.3 Å². The van der Waals surface area contributed by atoms with Crippen molar-refractivity contribution in [3.05, 3.63) is 40.4 Å². The van der Waals surface area contributed by atoms with Gasteiger partial charge in [-0.15, -0.1) is 12.4 Å². The van der Waals surface area contributed by atoms with E-state index >= 15 is 0 Å². The van der Waals surface area contributed by atoms with Crippen LogP contribution in [0.4, 0.5) is 4.39 Å². The summed E-state index contributed by atoms with van der Waals surface area (Å²) in [6.07, 6.45) is 1.48. The fourth-order valence-corrected chi connectivity index (χ4v) is 1.44. The van der Waals surface area contributed by atoms with Gasteiger partial charge in [0.2, 0.25) is 0 Å². The molecule has 0 unspecified atom stereocenters. The van der Waals surface area contributed by atoms with Crippen molar-refractivity contribution in [3.8, 4) is 5.75 Å². The van der Waals surface area contributed by atoms with Gasteiger partial charge in [-0.3, -0.25) is 4.79 Å². The summed E-state index contributed by atoms with van der Waals surface area (Å²) < 4.78 is 18.5. The van der Waals surface area contributed by atoms with Crippen LogP contribution in [0.25, 0.3) is 10.9 Å². The lowest BCUT2D eigenvalue weighted by atomic mass is 10.2. The second-order valence-corrected chi connectivity index (χ2v) is 3.24. The smallest absolute Gasteiger partial charge is 0.189 e. The summed E-state index contributed by atoms with van der Waals surface area (Å²) in [6.45, 7) is -0.178. The molecule has 1 aromatic heterocycles. The number of fused-ring (bicyclic) bond motifs is 1. The molecule has 0 saturated heterocycles. The van der Waals surface area contributed by atoms with Gasteiger partial charge in [0.05, 0.1) is 12.1 Å². The molecule has 0 fully saturated rings. The molecule has 0 aliphatic carbocycles. The van der Waals surface area contributed by atoms with Crippen LogP contribution in [0.1, 0.15) is 0 Å². The lowest BCUT2D eigenvalue weighted by Crippen LogP contribution is -2.05. The molecule has 2 aromatic rings. The maximum atomic E-state index is 13.5. The number of aromatic nitrogens is 1. The van der Waals surface area contributed by atoms with Crippen LogP contribution < -0.4 is 10.2 Å². The molecule has 0 aliphatic rings. The van der Waals surface area contributed by atoms with Crippen molar-refractivity contribution in [1.82, 2.24) is 4.98 Å². The monoisotopic (exact) mass is 259 g/mol. The van der Waals surface area contributed by atoms with E-state index in [-0.39, 0.29) is 42.2 Å². The molecule has 0 bridgehead atoms. The molecule has 0 aliphatic heterocycles. The largest absolute Gasteiger partial charge is 0.488 e. The van der Waals surface area contributed by atoms with Crippen LogP contribution in [-0.2, 0) is 0 Å². The molecular formula is C11H11ClFNO3. The maximum Gasteiger partial charge on any atom is 0.189 e. The zero-order valence-electron chi connectivity index (χ0n) is 8.77. The van der Waals surface area contributed by atoms with E-state index in [9.17, 15) is 9.18 Å². The highest BCUT2D eigenvalue weighted by Crippen LogP contribution is 2.21. The van der Waals surface area contributed by atoms with Gasteiger partial charge in [0, 0.05) is 23.7 Å². The van der Waals surface area contributed by atoms with E-state index in [1.165, 1.54) is 18.3 Å². The summed E-state index contributed by atoms with van der Waals surface area (Å²) in [5, 5.41) is 8.84. The van der Waals surface area contributed by atoms with Crippen LogP contribution in [0.3, 0.4) is 0 Å². The van der Waals surface area contributed by atoms with Gasteiger partial charge < -0.3 is 14.8 Å². The van der Waals surface area contributed by atoms with E-state index in [0.717, 1.165) is 6.07 Å². The maximum absolute atomic E-state index is 13.5. The van der Waals surface area contributed by atoms with Gasteiger partial charge >= 0.3 is 0 Å². The topological polar surface area (TPSA) is 62.3 Å². The van der Waals surface area contributed by atoms with Gasteiger partial charge in [0.1, 0.15) is 6.61 Å². The first-order valence-corrected chi connectivity index (χ1v) is 4.77. The van der Waals surface area contributed by atoms with E-state index in [1.54, 1.807) is 0 Å². The predicted molar refractivity (Wildman–Crippen MR) is 64.4 cm³/mol. The SMILES string of the molecule is Cl.O=c1cc[nH]c2cc(OCCO)c(F)cc12. The Morgan fingerprint density at radius 1 is 1.41 bits per heavy atom. The molecule has 2 rings (SSSR count). The lowest BCUT2D eigenvalue weighted by molar-refractivity contribution is 0.196. The standard InChI is InChI=1S/C11H10FNO3.ClH/c12-8-5-7-9(13-2-1-10(7)15)6-11(8)16-4-3-14;/h1-2,5-6,14H,3-4H2,(H,13,15);1H. The minimum Gasteiger partial charge on any atom is -0.488 e. The van der Waals surface area contributed by atoms with Gasteiger partial charge in [-0.2, -0.15) is 0 Å². The number of ether oxygens (including phenoxy) is 1. The fraction of sp³-hybridized carbons (Fsp3) is 0.182. The number of H-pyrrole nitrogens is 1. The minimum atomic E-state index is -0.613. The molecule has 92 valence electrons. The summed E-state index contributed by atoms with van der Waals surface area (Å²) in [7, 11) is 0. The molecular weight excluding hydrogens is 249 g/mol. The third kappa shape index (κ3) is 2.75. The zero-order chi connectivity index (χ0) is 11.5. The third-order valence-corrected chi connectivity index (χ3v) is 2.16. The number of nitrogens with one attached hydrogen (secondary N) is 1. The van der Waals surface area contributed by atoms with Gasteiger partial charge in [-0.25, -0.2) is 4.39 Å². The molecule has 2 N–H and O–H groups in total. The quantitative estimate of drug-likeness (QED) is 0.877. The summed E-state index contributed by atoms with van der Waals surface area (Å²) in [5.41, 5.74) is 0.253. The number of halogens is 2. The second-order valence-electron chi connectivity index (χ2n) is 3.24. The Kier molecular flexibility index (Phi) is 4.48. The molecule has 0 spiro atoms. The number of aliphatic hydroxyl groups is 1. The first kappa shape index (κ1) is 13.5. The Hall–Kier alpha value is -1.59. The van der Waals surface area contributed by atoms with Crippen molar-refractivity contribution in [2.24, 2.45) is 0 Å². The highest BCUT2D eigenvalue weighted by molar-refractivity contribution is 5.85. The number of aliphatic hydroxyl groups excluding tert-OH is 1. The number of benzene rings is 1. The summed E-state index contributed by atoms with van der Waals surface area (Å²) in [5.74, 6) is -0.596. The summed E-state index contributed by atoms with van der Waals surface area (Å²) in [4.78, 5) is 14.2. The summed E-state index contributed by atoms with van der Waals surface area (Å²) in [6, 6.07) is 3.86. The first-order chi connectivity index (χ1) is 7.72. The highest BCUT2D eigenvalue weighted by atomic mass is 35.5. The predicted octanol–water partition coefficient (Wildman–Crippen LogP) is 1.46. The van der Waals surface area contributed by atoms with Crippen LogP contribution in [-0.4, -0.2) is 23.3 Å². The number of pyridine rings is 1. The van der Waals surface area contributed by atoms with E-state index < -0.39 is 5.82 Å². The average Bonchev–Trinajstić information content (AvgIpc) is 2.28. The normalized spacial score (nSPS) is 10.0. The fourth-order valence-electron chi connectivity index (χ4n) is 1.44. The third-order valence-electron chi connectivity index (χ3n) is 2.16. The van der Waals surface area contributed by atoms with Crippen LogP contribution in [0.5, 0.6) is 5.75 Å². The van der Waals surface area contributed by atoms with E-state index in [2.05, 4.69) is 4.98 Å². The van der Waals surface area contributed by atoms with Gasteiger partial charge in [0.15, 0.2) is 17.0 Å². The first-order valence-electron chi connectivity index (χ1n) is 4.77. The van der Waals surface area contributed by atoms with Crippen molar-refractivity contribution in [1.29, 1.82) is 0 Å². The Morgan fingerprint density at radius 2 is 2.18 bits per heavy atom. The van der Waals surface area contributed by atoms with E-state index in [4.69, 9.17) is 9.84 Å².